The highest BCUT2D eigenvalue weighted by molar-refractivity contribution is 7.89. The second kappa shape index (κ2) is 7.79. The first-order valence-corrected chi connectivity index (χ1v) is 12.2. The Morgan fingerprint density at radius 2 is 2.07 bits per heavy atom. The van der Waals surface area contributed by atoms with Crippen molar-refractivity contribution in [3.63, 3.8) is 0 Å². The number of piperidine rings is 1. The smallest absolute Gasteiger partial charge is 0.243 e. The third-order valence-corrected chi connectivity index (χ3v) is 7.89. The van der Waals surface area contributed by atoms with E-state index in [0.717, 1.165) is 56.5 Å². The van der Waals surface area contributed by atoms with Gasteiger partial charge in [-0.25, -0.2) is 13.1 Å². The molecule has 1 saturated heterocycles. The zero-order chi connectivity index (χ0) is 20.7. The van der Waals surface area contributed by atoms with Gasteiger partial charge in [-0.3, -0.25) is 14.6 Å². The van der Waals surface area contributed by atoms with E-state index >= 15 is 0 Å². The van der Waals surface area contributed by atoms with Crippen LogP contribution >= 0.6 is 0 Å². The summed E-state index contributed by atoms with van der Waals surface area (Å²) in [6.07, 6.45) is 10.0. The topological polar surface area (TPSA) is 95.9 Å². The quantitative estimate of drug-likeness (QED) is 0.602. The SMILES string of the molecule is CCCn1cc(S(=O)(=O)NC2[C@@H]3CC[C@H]2CN(Cc2c[nH]c4cccnc24)C3)cn1. The number of H-pyrrole nitrogens is 1. The van der Waals surface area contributed by atoms with Crippen LogP contribution in [0.25, 0.3) is 11.0 Å². The van der Waals surface area contributed by atoms with Crippen molar-refractivity contribution in [3.05, 3.63) is 42.5 Å². The van der Waals surface area contributed by atoms with Crippen molar-refractivity contribution >= 4 is 21.1 Å². The molecule has 3 aromatic heterocycles. The molecule has 3 atom stereocenters. The van der Waals surface area contributed by atoms with E-state index in [4.69, 9.17) is 0 Å². The predicted octanol–water partition coefficient (Wildman–Crippen LogP) is 2.36. The number of hydrogen-bond acceptors (Lipinski definition) is 5. The lowest BCUT2D eigenvalue weighted by atomic mass is 9.93. The van der Waals surface area contributed by atoms with Crippen molar-refractivity contribution in [1.82, 2.24) is 29.4 Å². The van der Waals surface area contributed by atoms with Gasteiger partial charge in [0.15, 0.2) is 0 Å². The molecule has 8 nitrogen and oxygen atoms in total. The second-order valence-corrected chi connectivity index (χ2v) is 10.3. The molecule has 2 N–H and O–H groups in total. The second-order valence-electron chi connectivity index (χ2n) is 8.59. The Hall–Kier alpha value is -2.23. The summed E-state index contributed by atoms with van der Waals surface area (Å²) in [6, 6.07) is 3.98. The number of aromatic nitrogens is 4. The summed E-state index contributed by atoms with van der Waals surface area (Å²) in [5, 5.41) is 4.18. The van der Waals surface area contributed by atoms with E-state index in [1.165, 1.54) is 11.8 Å². The van der Waals surface area contributed by atoms with Crippen LogP contribution in [0.2, 0.25) is 0 Å². The lowest BCUT2D eigenvalue weighted by molar-refractivity contribution is 0.134. The highest BCUT2D eigenvalue weighted by atomic mass is 32.2. The van der Waals surface area contributed by atoms with Crippen LogP contribution in [0.15, 0.2) is 41.8 Å². The van der Waals surface area contributed by atoms with Gasteiger partial charge in [-0.15, -0.1) is 0 Å². The van der Waals surface area contributed by atoms with Gasteiger partial charge in [0, 0.05) is 56.4 Å². The lowest BCUT2D eigenvalue weighted by Crippen LogP contribution is -2.52. The summed E-state index contributed by atoms with van der Waals surface area (Å²) < 4.78 is 30.6. The van der Waals surface area contributed by atoms with Crippen LogP contribution in [-0.2, 0) is 23.1 Å². The fourth-order valence-corrected chi connectivity index (χ4v) is 6.42. The molecule has 5 rings (SSSR count). The Bertz CT molecular complexity index is 1120. The van der Waals surface area contributed by atoms with Gasteiger partial charge in [-0.2, -0.15) is 5.10 Å². The van der Waals surface area contributed by atoms with Gasteiger partial charge in [-0.1, -0.05) is 6.92 Å². The summed E-state index contributed by atoms with van der Waals surface area (Å²) in [5.74, 6) is 0.671. The van der Waals surface area contributed by atoms with Crippen LogP contribution in [0.5, 0.6) is 0 Å². The van der Waals surface area contributed by atoms with Crippen molar-refractivity contribution in [2.75, 3.05) is 13.1 Å². The minimum absolute atomic E-state index is 0.00173. The van der Waals surface area contributed by atoms with E-state index in [9.17, 15) is 8.42 Å². The van der Waals surface area contributed by atoms with Crippen molar-refractivity contribution in [2.45, 2.75) is 50.2 Å². The molecule has 3 aromatic rings. The third kappa shape index (κ3) is 3.66. The van der Waals surface area contributed by atoms with E-state index in [0.29, 0.717) is 11.8 Å². The monoisotopic (exact) mass is 428 g/mol. The fourth-order valence-electron chi connectivity index (χ4n) is 5.10. The average molecular weight is 429 g/mol. The van der Waals surface area contributed by atoms with Crippen molar-refractivity contribution < 1.29 is 8.42 Å². The number of sulfonamides is 1. The highest BCUT2D eigenvalue weighted by Gasteiger charge is 2.44. The number of pyridine rings is 1. The summed E-state index contributed by atoms with van der Waals surface area (Å²) >= 11 is 0. The first kappa shape index (κ1) is 19.7. The molecule has 0 spiro atoms. The number of aromatic amines is 1. The van der Waals surface area contributed by atoms with Gasteiger partial charge in [0.1, 0.15) is 4.90 Å². The van der Waals surface area contributed by atoms with Crippen molar-refractivity contribution in [3.8, 4) is 0 Å². The maximum absolute atomic E-state index is 12.9. The number of likely N-dealkylation sites (tertiary alicyclic amines) is 1. The molecule has 2 fully saturated rings. The number of rotatable bonds is 7. The molecule has 2 aliphatic rings. The molecule has 1 aliphatic heterocycles. The summed E-state index contributed by atoms with van der Waals surface area (Å²) in [4.78, 5) is 10.5. The van der Waals surface area contributed by atoms with Crippen LogP contribution in [0, 0.1) is 11.8 Å². The molecule has 2 bridgehead atoms. The minimum Gasteiger partial charge on any atom is -0.360 e. The summed E-state index contributed by atoms with van der Waals surface area (Å²) in [7, 11) is -3.55. The normalized spacial score (nSPS) is 24.6. The van der Waals surface area contributed by atoms with Gasteiger partial charge >= 0.3 is 0 Å². The standard InChI is InChI=1S/C21H28N6O2S/c1-2-8-27-14-18(10-24-27)30(28,29)25-20-15-5-6-16(20)12-26(11-15)13-17-9-23-19-4-3-7-22-21(17)19/h3-4,7,9-10,14-16,20,23,25H,2,5-6,8,11-13H2,1H3/t15-,16+,20?. The number of fused-ring (bicyclic) bond motifs is 3. The maximum atomic E-state index is 12.9. The van der Waals surface area contributed by atoms with E-state index in [1.54, 1.807) is 10.9 Å². The molecule has 1 unspecified atom stereocenters. The highest BCUT2D eigenvalue weighted by Crippen LogP contribution is 2.38. The first-order valence-electron chi connectivity index (χ1n) is 10.7. The van der Waals surface area contributed by atoms with Crippen LogP contribution in [0.4, 0.5) is 0 Å². The third-order valence-electron chi connectivity index (χ3n) is 6.48. The summed E-state index contributed by atoms with van der Waals surface area (Å²) in [5.41, 5.74) is 3.28. The number of nitrogens with zero attached hydrogens (tertiary/aromatic N) is 4. The first-order chi connectivity index (χ1) is 14.5. The molecule has 0 aromatic carbocycles. The molecule has 0 amide bonds. The Balaban J connectivity index is 1.27. The molecule has 0 radical (unpaired) electrons. The molecule has 1 aliphatic carbocycles. The molecule has 9 heteroatoms. The summed E-state index contributed by atoms with van der Waals surface area (Å²) in [6.45, 7) is 5.41. The Labute approximate surface area is 176 Å². The lowest BCUT2D eigenvalue weighted by Gasteiger charge is -2.38. The van der Waals surface area contributed by atoms with Gasteiger partial charge in [-0.05, 0) is 43.2 Å². The number of aryl methyl sites for hydroxylation is 1. The zero-order valence-electron chi connectivity index (χ0n) is 17.2. The van der Waals surface area contributed by atoms with E-state index < -0.39 is 10.0 Å². The average Bonchev–Trinajstić information content (AvgIpc) is 3.41. The fraction of sp³-hybridized carbons (Fsp3) is 0.524. The van der Waals surface area contributed by atoms with Crippen LogP contribution in [0.1, 0.15) is 31.7 Å². The molecular weight excluding hydrogens is 400 g/mol. The molecular formula is C21H28N6O2S. The molecule has 1 saturated carbocycles. The van der Waals surface area contributed by atoms with E-state index in [2.05, 4.69) is 24.7 Å². The largest absolute Gasteiger partial charge is 0.360 e. The number of nitrogens with one attached hydrogen (secondary N) is 2. The van der Waals surface area contributed by atoms with E-state index in [1.807, 2.05) is 31.5 Å². The number of hydrogen-bond donors (Lipinski definition) is 2. The van der Waals surface area contributed by atoms with Gasteiger partial charge < -0.3 is 4.98 Å². The molecule has 160 valence electrons. The van der Waals surface area contributed by atoms with Crippen molar-refractivity contribution in [1.29, 1.82) is 0 Å². The van der Waals surface area contributed by atoms with Gasteiger partial charge in [0.2, 0.25) is 10.0 Å². The van der Waals surface area contributed by atoms with Crippen LogP contribution < -0.4 is 4.72 Å². The molecule has 30 heavy (non-hydrogen) atoms. The Morgan fingerprint density at radius 1 is 1.27 bits per heavy atom. The van der Waals surface area contributed by atoms with Crippen LogP contribution in [0.3, 0.4) is 0 Å². The maximum Gasteiger partial charge on any atom is 0.243 e. The van der Waals surface area contributed by atoms with Crippen molar-refractivity contribution in [2.24, 2.45) is 11.8 Å². The predicted molar refractivity (Wildman–Crippen MR) is 114 cm³/mol. The van der Waals surface area contributed by atoms with Crippen LogP contribution in [-0.4, -0.2) is 52.2 Å². The van der Waals surface area contributed by atoms with E-state index in [-0.39, 0.29) is 10.9 Å². The molecule has 4 heterocycles. The Kier molecular flexibility index (Phi) is 5.12. The minimum atomic E-state index is -3.55. The van der Waals surface area contributed by atoms with Gasteiger partial charge in [0.05, 0.1) is 17.2 Å². The zero-order valence-corrected chi connectivity index (χ0v) is 18.0. The van der Waals surface area contributed by atoms with Gasteiger partial charge in [0.25, 0.3) is 0 Å². The Morgan fingerprint density at radius 3 is 2.83 bits per heavy atom.